The van der Waals surface area contributed by atoms with E-state index in [-0.39, 0.29) is 12.1 Å². The Hall–Kier alpha value is -1.87. The Morgan fingerprint density at radius 1 is 1.06 bits per heavy atom. The van der Waals surface area contributed by atoms with Crippen molar-refractivity contribution in [1.29, 1.82) is 0 Å². The first-order chi connectivity index (χ1) is 8.13. The molecular formula is C14H16N2O. The van der Waals surface area contributed by atoms with Crippen molar-refractivity contribution in [3.63, 3.8) is 0 Å². The van der Waals surface area contributed by atoms with Crippen LogP contribution in [0.2, 0.25) is 0 Å². The fourth-order valence-electron chi connectivity index (χ4n) is 1.84. The SMILES string of the molecule is Cc1ccc(-n2c(C)ccc(CN)c2=O)cc1. The second-order valence-corrected chi connectivity index (χ2v) is 4.18. The van der Waals surface area contributed by atoms with Gasteiger partial charge in [0.05, 0.1) is 0 Å². The van der Waals surface area contributed by atoms with Gasteiger partial charge in [-0.2, -0.15) is 0 Å². The maximum Gasteiger partial charge on any atom is 0.259 e. The molecule has 1 aromatic heterocycles. The highest BCUT2D eigenvalue weighted by molar-refractivity contribution is 5.37. The number of hydrogen-bond donors (Lipinski definition) is 1. The topological polar surface area (TPSA) is 48.0 Å². The average molecular weight is 228 g/mol. The van der Waals surface area contributed by atoms with Gasteiger partial charge in [0.25, 0.3) is 5.56 Å². The van der Waals surface area contributed by atoms with Crippen molar-refractivity contribution in [3.8, 4) is 5.69 Å². The molecule has 0 amide bonds. The maximum absolute atomic E-state index is 12.2. The Labute approximate surface area is 101 Å². The summed E-state index contributed by atoms with van der Waals surface area (Å²) in [6.07, 6.45) is 0. The van der Waals surface area contributed by atoms with Crippen LogP contribution in [0.1, 0.15) is 16.8 Å². The van der Waals surface area contributed by atoms with E-state index in [1.165, 1.54) is 5.56 Å². The summed E-state index contributed by atoms with van der Waals surface area (Å²) in [5.41, 5.74) is 9.13. The second kappa shape index (κ2) is 4.55. The number of nitrogens with two attached hydrogens (primary N) is 1. The summed E-state index contributed by atoms with van der Waals surface area (Å²) in [5.74, 6) is 0. The molecule has 2 N–H and O–H groups in total. The van der Waals surface area contributed by atoms with Gasteiger partial charge in [0.2, 0.25) is 0 Å². The number of pyridine rings is 1. The van der Waals surface area contributed by atoms with Crippen LogP contribution in [-0.2, 0) is 6.54 Å². The zero-order valence-corrected chi connectivity index (χ0v) is 10.1. The smallest absolute Gasteiger partial charge is 0.259 e. The molecule has 0 aliphatic carbocycles. The van der Waals surface area contributed by atoms with E-state index in [9.17, 15) is 4.79 Å². The van der Waals surface area contributed by atoms with E-state index in [1.54, 1.807) is 10.6 Å². The molecule has 0 aliphatic rings. The number of rotatable bonds is 2. The quantitative estimate of drug-likeness (QED) is 0.853. The van der Waals surface area contributed by atoms with Gasteiger partial charge in [0, 0.05) is 23.5 Å². The van der Waals surface area contributed by atoms with E-state index in [1.807, 2.05) is 44.2 Å². The summed E-state index contributed by atoms with van der Waals surface area (Å²) in [5, 5.41) is 0. The predicted octanol–water partition coefficient (Wildman–Crippen LogP) is 1.91. The third-order valence-electron chi connectivity index (χ3n) is 2.87. The van der Waals surface area contributed by atoms with Crippen molar-refractivity contribution >= 4 is 0 Å². The molecule has 0 spiro atoms. The predicted molar refractivity (Wildman–Crippen MR) is 69.4 cm³/mol. The van der Waals surface area contributed by atoms with E-state index < -0.39 is 0 Å². The molecule has 0 atom stereocenters. The van der Waals surface area contributed by atoms with Gasteiger partial charge in [0.15, 0.2) is 0 Å². The molecule has 1 heterocycles. The highest BCUT2D eigenvalue weighted by atomic mass is 16.1. The maximum atomic E-state index is 12.2. The van der Waals surface area contributed by atoms with Crippen molar-refractivity contribution in [2.24, 2.45) is 5.73 Å². The monoisotopic (exact) mass is 228 g/mol. The van der Waals surface area contributed by atoms with Gasteiger partial charge < -0.3 is 5.73 Å². The third kappa shape index (κ3) is 2.15. The summed E-state index contributed by atoms with van der Waals surface area (Å²) in [7, 11) is 0. The van der Waals surface area contributed by atoms with Crippen LogP contribution in [-0.4, -0.2) is 4.57 Å². The Morgan fingerprint density at radius 3 is 2.29 bits per heavy atom. The third-order valence-corrected chi connectivity index (χ3v) is 2.87. The Bertz CT molecular complexity index is 582. The molecule has 3 nitrogen and oxygen atoms in total. The van der Waals surface area contributed by atoms with E-state index in [0.717, 1.165) is 11.4 Å². The summed E-state index contributed by atoms with van der Waals surface area (Å²) in [6, 6.07) is 11.6. The minimum Gasteiger partial charge on any atom is -0.326 e. The lowest BCUT2D eigenvalue weighted by molar-refractivity contribution is 0.888. The molecule has 0 saturated carbocycles. The summed E-state index contributed by atoms with van der Waals surface area (Å²) >= 11 is 0. The van der Waals surface area contributed by atoms with Gasteiger partial charge in [0.1, 0.15) is 0 Å². The molecule has 17 heavy (non-hydrogen) atoms. The van der Waals surface area contributed by atoms with Crippen LogP contribution in [0.5, 0.6) is 0 Å². The lowest BCUT2D eigenvalue weighted by Gasteiger charge is -2.11. The van der Waals surface area contributed by atoms with Gasteiger partial charge in [-0.3, -0.25) is 9.36 Å². The zero-order valence-electron chi connectivity index (χ0n) is 10.1. The molecule has 2 rings (SSSR count). The summed E-state index contributed by atoms with van der Waals surface area (Å²) < 4.78 is 1.70. The molecule has 0 unspecified atom stereocenters. The molecule has 0 saturated heterocycles. The lowest BCUT2D eigenvalue weighted by Crippen LogP contribution is -2.25. The summed E-state index contributed by atoms with van der Waals surface area (Å²) in [6.45, 7) is 4.21. The van der Waals surface area contributed by atoms with E-state index in [2.05, 4.69) is 0 Å². The van der Waals surface area contributed by atoms with Crippen molar-refractivity contribution in [1.82, 2.24) is 4.57 Å². The molecule has 2 aromatic rings. The highest BCUT2D eigenvalue weighted by Gasteiger charge is 2.06. The molecule has 0 bridgehead atoms. The Balaban J connectivity index is 2.66. The van der Waals surface area contributed by atoms with Crippen LogP contribution >= 0.6 is 0 Å². The van der Waals surface area contributed by atoms with Crippen LogP contribution in [0.15, 0.2) is 41.2 Å². The molecule has 0 fully saturated rings. The first-order valence-electron chi connectivity index (χ1n) is 5.62. The lowest BCUT2D eigenvalue weighted by atomic mass is 10.2. The van der Waals surface area contributed by atoms with E-state index >= 15 is 0 Å². The Kier molecular flexibility index (Phi) is 3.11. The highest BCUT2D eigenvalue weighted by Crippen LogP contribution is 2.10. The fraction of sp³-hybridized carbons (Fsp3) is 0.214. The van der Waals surface area contributed by atoms with Gasteiger partial charge in [-0.1, -0.05) is 23.8 Å². The molecular weight excluding hydrogens is 212 g/mol. The van der Waals surface area contributed by atoms with Gasteiger partial charge in [-0.15, -0.1) is 0 Å². The van der Waals surface area contributed by atoms with Crippen LogP contribution in [0, 0.1) is 13.8 Å². The average Bonchev–Trinajstić information content (AvgIpc) is 2.32. The number of benzene rings is 1. The van der Waals surface area contributed by atoms with Crippen molar-refractivity contribution in [2.75, 3.05) is 0 Å². The number of hydrogen-bond acceptors (Lipinski definition) is 2. The standard InChI is InChI=1S/C14H16N2O/c1-10-3-7-13(8-4-10)16-11(2)5-6-12(9-15)14(16)17/h3-8H,9,15H2,1-2H3. The van der Waals surface area contributed by atoms with Crippen molar-refractivity contribution < 1.29 is 0 Å². The number of aromatic nitrogens is 1. The van der Waals surface area contributed by atoms with Crippen molar-refractivity contribution in [2.45, 2.75) is 20.4 Å². The van der Waals surface area contributed by atoms with Gasteiger partial charge in [-0.05, 0) is 32.0 Å². The minimum absolute atomic E-state index is 0.0312. The zero-order chi connectivity index (χ0) is 12.4. The minimum atomic E-state index is -0.0312. The molecule has 88 valence electrons. The van der Waals surface area contributed by atoms with Gasteiger partial charge >= 0.3 is 0 Å². The van der Waals surface area contributed by atoms with E-state index in [4.69, 9.17) is 5.73 Å². The molecule has 3 heteroatoms. The fourth-order valence-corrected chi connectivity index (χ4v) is 1.84. The molecule has 0 radical (unpaired) electrons. The van der Waals surface area contributed by atoms with Crippen LogP contribution in [0.4, 0.5) is 0 Å². The summed E-state index contributed by atoms with van der Waals surface area (Å²) in [4.78, 5) is 12.2. The van der Waals surface area contributed by atoms with Crippen LogP contribution in [0.25, 0.3) is 5.69 Å². The van der Waals surface area contributed by atoms with Crippen LogP contribution < -0.4 is 11.3 Å². The van der Waals surface area contributed by atoms with Crippen molar-refractivity contribution in [3.05, 3.63) is 63.6 Å². The normalized spacial score (nSPS) is 10.5. The number of aryl methyl sites for hydroxylation is 2. The number of nitrogens with zero attached hydrogens (tertiary/aromatic N) is 1. The second-order valence-electron chi connectivity index (χ2n) is 4.18. The largest absolute Gasteiger partial charge is 0.326 e. The van der Waals surface area contributed by atoms with Crippen LogP contribution in [0.3, 0.4) is 0 Å². The van der Waals surface area contributed by atoms with E-state index in [0.29, 0.717) is 5.56 Å². The Morgan fingerprint density at radius 2 is 1.71 bits per heavy atom. The molecule has 1 aromatic carbocycles. The first kappa shape index (κ1) is 11.6. The molecule has 0 aliphatic heterocycles. The van der Waals surface area contributed by atoms with Gasteiger partial charge in [-0.25, -0.2) is 0 Å². The first-order valence-corrected chi connectivity index (χ1v) is 5.62.